The molecule has 0 saturated heterocycles. The van der Waals surface area contributed by atoms with Crippen LogP contribution in [0, 0.1) is 11.3 Å². The fourth-order valence-electron chi connectivity index (χ4n) is 1.05. The Labute approximate surface area is 96.4 Å². The lowest BCUT2D eigenvalue weighted by molar-refractivity contribution is -0.142. The van der Waals surface area contributed by atoms with E-state index in [-0.39, 0.29) is 11.3 Å². The van der Waals surface area contributed by atoms with Crippen molar-refractivity contribution in [2.75, 3.05) is 0 Å². The highest BCUT2D eigenvalue weighted by molar-refractivity contribution is 5.83. The highest BCUT2D eigenvalue weighted by Gasteiger charge is 2.30. The second-order valence-electron chi connectivity index (χ2n) is 5.27. The van der Waals surface area contributed by atoms with E-state index < -0.39 is 24.0 Å². The molecule has 0 aromatic rings. The molecule has 0 aromatic carbocycles. The van der Waals surface area contributed by atoms with Crippen LogP contribution in [0.1, 0.15) is 34.6 Å². The van der Waals surface area contributed by atoms with E-state index in [4.69, 9.17) is 10.8 Å². The predicted octanol–water partition coefficient (Wildman–Crippen LogP) is 0.585. The van der Waals surface area contributed by atoms with E-state index in [0.717, 1.165) is 0 Å². The molecule has 5 heteroatoms. The highest BCUT2D eigenvalue weighted by atomic mass is 16.4. The number of nitrogens with two attached hydrogens (primary N) is 1. The van der Waals surface area contributed by atoms with Gasteiger partial charge in [0.25, 0.3) is 0 Å². The molecular formula is C11H22N2O3. The average Bonchev–Trinajstić information content (AvgIpc) is 2.13. The topological polar surface area (TPSA) is 92.4 Å². The molecule has 0 aromatic heterocycles. The van der Waals surface area contributed by atoms with Crippen molar-refractivity contribution in [3.63, 3.8) is 0 Å². The van der Waals surface area contributed by atoms with E-state index in [1.165, 1.54) is 0 Å². The van der Waals surface area contributed by atoms with Crippen molar-refractivity contribution >= 4 is 11.9 Å². The summed E-state index contributed by atoms with van der Waals surface area (Å²) in [4.78, 5) is 22.4. The van der Waals surface area contributed by atoms with Gasteiger partial charge in [0.05, 0.1) is 12.0 Å². The monoisotopic (exact) mass is 230 g/mol. The molecule has 0 aliphatic rings. The number of rotatable bonds is 4. The standard InChI is InChI=1S/C11H22N2O3/c1-6(10(15)16)7(2)13-9(14)8(12)11(3,4)5/h6-8H,12H2,1-5H3,(H,13,14)(H,15,16)/t6?,7?,8-/m1/s1. The zero-order valence-corrected chi connectivity index (χ0v) is 10.6. The van der Waals surface area contributed by atoms with Crippen molar-refractivity contribution in [2.24, 2.45) is 17.1 Å². The molecule has 0 spiro atoms. The first kappa shape index (κ1) is 14.9. The molecule has 0 aliphatic heterocycles. The van der Waals surface area contributed by atoms with Gasteiger partial charge in [-0.1, -0.05) is 20.8 Å². The first-order valence-corrected chi connectivity index (χ1v) is 5.36. The number of amides is 1. The Morgan fingerprint density at radius 1 is 1.25 bits per heavy atom. The zero-order valence-electron chi connectivity index (χ0n) is 10.6. The summed E-state index contributed by atoms with van der Waals surface area (Å²) in [5.41, 5.74) is 5.42. The quantitative estimate of drug-likeness (QED) is 0.659. The molecule has 2 unspecified atom stereocenters. The van der Waals surface area contributed by atoms with Crippen molar-refractivity contribution in [2.45, 2.75) is 46.7 Å². The van der Waals surface area contributed by atoms with E-state index in [1.807, 2.05) is 20.8 Å². The summed E-state index contributed by atoms with van der Waals surface area (Å²) < 4.78 is 0. The number of nitrogens with one attached hydrogen (secondary N) is 1. The largest absolute Gasteiger partial charge is 0.481 e. The Morgan fingerprint density at radius 3 is 2.00 bits per heavy atom. The molecule has 0 aliphatic carbocycles. The molecule has 94 valence electrons. The smallest absolute Gasteiger partial charge is 0.308 e. The number of carboxylic acids is 1. The molecule has 0 fully saturated rings. The minimum Gasteiger partial charge on any atom is -0.481 e. The summed E-state index contributed by atoms with van der Waals surface area (Å²) in [7, 11) is 0. The van der Waals surface area contributed by atoms with Crippen molar-refractivity contribution < 1.29 is 14.7 Å². The Morgan fingerprint density at radius 2 is 1.69 bits per heavy atom. The van der Waals surface area contributed by atoms with Gasteiger partial charge in [0.15, 0.2) is 0 Å². The minimum absolute atomic E-state index is 0.312. The van der Waals surface area contributed by atoms with Gasteiger partial charge in [-0.2, -0.15) is 0 Å². The lowest BCUT2D eigenvalue weighted by atomic mass is 9.86. The van der Waals surface area contributed by atoms with E-state index in [2.05, 4.69) is 5.32 Å². The summed E-state index contributed by atoms with van der Waals surface area (Å²) in [5, 5.41) is 11.4. The number of aliphatic carboxylic acids is 1. The van der Waals surface area contributed by atoms with Gasteiger partial charge in [0, 0.05) is 6.04 Å². The average molecular weight is 230 g/mol. The van der Waals surface area contributed by atoms with Crippen LogP contribution in [0.3, 0.4) is 0 Å². The van der Waals surface area contributed by atoms with Gasteiger partial charge in [-0.05, 0) is 19.3 Å². The summed E-state index contributed by atoms with van der Waals surface area (Å²) in [6, 6.07) is -1.07. The Balaban J connectivity index is 4.41. The van der Waals surface area contributed by atoms with Gasteiger partial charge in [0.1, 0.15) is 0 Å². The van der Waals surface area contributed by atoms with Gasteiger partial charge in [-0.15, -0.1) is 0 Å². The van der Waals surface area contributed by atoms with Crippen LogP contribution in [-0.4, -0.2) is 29.1 Å². The molecule has 4 N–H and O–H groups in total. The summed E-state index contributed by atoms with van der Waals surface area (Å²) in [6.07, 6.45) is 0. The SMILES string of the molecule is CC(NC(=O)[C@@H](N)C(C)(C)C)C(C)C(=O)O. The van der Waals surface area contributed by atoms with E-state index in [9.17, 15) is 9.59 Å². The number of hydrogen-bond acceptors (Lipinski definition) is 3. The van der Waals surface area contributed by atoms with Gasteiger partial charge in [0.2, 0.25) is 5.91 Å². The third-order valence-electron chi connectivity index (χ3n) is 2.72. The van der Waals surface area contributed by atoms with Crippen molar-refractivity contribution in [1.29, 1.82) is 0 Å². The van der Waals surface area contributed by atoms with Crippen molar-refractivity contribution in [1.82, 2.24) is 5.32 Å². The van der Waals surface area contributed by atoms with Gasteiger partial charge < -0.3 is 16.2 Å². The summed E-state index contributed by atoms with van der Waals surface area (Å²) in [5.74, 6) is -1.87. The molecule has 0 heterocycles. The maximum Gasteiger partial charge on any atom is 0.308 e. The second kappa shape index (κ2) is 5.30. The van der Waals surface area contributed by atoms with Gasteiger partial charge in [-0.3, -0.25) is 9.59 Å². The van der Waals surface area contributed by atoms with E-state index in [0.29, 0.717) is 0 Å². The maximum atomic E-state index is 11.7. The lowest BCUT2D eigenvalue weighted by Gasteiger charge is -2.28. The van der Waals surface area contributed by atoms with Crippen LogP contribution in [0.4, 0.5) is 0 Å². The van der Waals surface area contributed by atoms with E-state index >= 15 is 0 Å². The molecular weight excluding hydrogens is 208 g/mol. The second-order valence-corrected chi connectivity index (χ2v) is 5.27. The lowest BCUT2D eigenvalue weighted by Crippen LogP contribution is -2.52. The Hall–Kier alpha value is -1.10. The third-order valence-corrected chi connectivity index (χ3v) is 2.72. The molecule has 16 heavy (non-hydrogen) atoms. The first-order chi connectivity index (χ1) is 7.07. The van der Waals surface area contributed by atoms with Crippen LogP contribution < -0.4 is 11.1 Å². The van der Waals surface area contributed by atoms with Crippen molar-refractivity contribution in [3.05, 3.63) is 0 Å². The minimum atomic E-state index is -0.933. The number of hydrogen-bond donors (Lipinski definition) is 3. The number of carbonyl (C=O) groups is 2. The molecule has 0 rings (SSSR count). The summed E-state index contributed by atoms with van der Waals surface area (Å²) in [6.45, 7) is 8.80. The fourth-order valence-corrected chi connectivity index (χ4v) is 1.05. The Bertz CT molecular complexity index is 271. The maximum absolute atomic E-state index is 11.7. The molecule has 1 amide bonds. The number of carbonyl (C=O) groups excluding carboxylic acids is 1. The predicted molar refractivity (Wildman–Crippen MR) is 61.8 cm³/mol. The Kier molecular flexibility index (Phi) is 4.93. The van der Waals surface area contributed by atoms with E-state index in [1.54, 1.807) is 13.8 Å². The number of carboxylic acid groups (broad SMARTS) is 1. The normalized spacial score (nSPS) is 17.4. The summed E-state index contributed by atoms with van der Waals surface area (Å²) >= 11 is 0. The first-order valence-electron chi connectivity index (χ1n) is 5.36. The van der Waals surface area contributed by atoms with Gasteiger partial charge >= 0.3 is 5.97 Å². The molecule has 3 atom stereocenters. The van der Waals surface area contributed by atoms with Crippen LogP contribution >= 0.6 is 0 Å². The highest BCUT2D eigenvalue weighted by Crippen LogP contribution is 2.17. The fraction of sp³-hybridized carbons (Fsp3) is 0.818. The van der Waals surface area contributed by atoms with Crippen LogP contribution in [0.5, 0.6) is 0 Å². The molecule has 0 saturated carbocycles. The van der Waals surface area contributed by atoms with Crippen LogP contribution in [-0.2, 0) is 9.59 Å². The zero-order chi connectivity index (χ0) is 13.1. The van der Waals surface area contributed by atoms with Crippen molar-refractivity contribution in [3.8, 4) is 0 Å². The third kappa shape index (κ3) is 4.18. The van der Waals surface area contributed by atoms with Gasteiger partial charge in [-0.25, -0.2) is 0 Å². The molecule has 5 nitrogen and oxygen atoms in total. The van der Waals surface area contributed by atoms with Crippen LogP contribution in [0.15, 0.2) is 0 Å². The molecule has 0 radical (unpaired) electrons. The van der Waals surface area contributed by atoms with Crippen LogP contribution in [0.2, 0.25) is 0 Å². The molecule has 0 bridgehead atoms. The van der Waals surface area contributed by atoms with Crippen LogP contribution in [0.25, 0.3) is 0 Å².